The molecule has 0 spiro atoms. The lowest BCUT2D eigenvalue weighted by molar-refractivity contribution is -0.138. The van der Waals surface area contributed by atoms with Crippen molar-refractivity contribution in [3.05, 3.63) is 35.9 Å². The predicted molar refractivity (Wildman–Crippen MR) is 65.8 cm³/mol. The van der Waals surface area contributed by atoms with Crippen molar-refractivity contribution in [2.75, 3.05) is 5.75 Å². The molecule has 0 radical (unpaired) electrons. The fourth-order valence-corrected chi connectivity index (χ4v) is 1.35. The van der Waals surface area contributed by atoms with Crippen molar-refractivity contribution >= 4 is 31.0 Å². The summed E-state index contributed by atoms with van der Waals surface area (Å²) < 4.78 is 0. The molecule has 0 saturated heterocycles. The summed E-state index contributed by atoms with van der Waals surface area (Å²) in [5, 5.41) is 11.6. The highest BCUT2D eigenvalue weighted by Crippen LogP contribution is 1.99. The predicted octanol–water partition coefficient (Wildman–Crippen LogP) is 1.58. The average molecular weight is 248 g/mol. The van der Waals surface area contributed by atoms with E-state index in [1.807, 2.05) is 30.3 Å². The van der Waals surface area contributed by atoms with Crippen LogP contribution in [0.15, 0.2) is 30.3 Å². The second-order valence-corrected chi connectivity index (χ2v) is 3.31. The summed E-state index contributed by atoms with van der Waals surface area (Å²) in [4.78, 5) is 10.6. The minimum absolute atomic E-state index is 0. The molecule has 84 valence electrons. The Hall–Kier alpha value is -0.710. The van der Waals surface area contributed by atoms with Crippen molar-refractivity contribution in [1.82, 2.24) is 5.32 Å². The van der Waals surface area contributed by atoms with Gasteiger partial charge in [-0.15, -0.1) is 12.4 Å². The zero-order valence-corrected chi connectivity index (χ0v) is 9.80. The molecule has 0 aliphatic heterocycles. The van der Waals surface area contributed by atoms with Crippen molar-refractivity contribution in [2.45, 2.75) is 12.6 Å². The molecule has 0 aliphatic carbocycles. The summed E-state index contributed by atoms with van der Waals surface area (Å²) in [6, 6.07) is 9.09. The van der Waals surface area contributed by atoms with E-state index >= 15 is 0 Å². The number of nitrogens with one attached hydrogen (secondary N) is 1. The fraction of sp³-hybridized carbons (Fsp3) is 0.300. The zero-order chi connectivity index (χ0) is 10.4. The lowest BCUT2D eigenvalue weighted by Crippen LogP contribution is -2.37. The van der Waals surface area contributed by atoms with Gasteiger partial charge in [0.1, 0.15) is 6.04 Å². The lowest BCUT2D eigenvalue weighted by Gasteiger charge is -2.11. The van der Waals surface area contributed by atoms with E-state index in [4.69, 9.17) is 5.11 Å². The number of carbonyl (C=O) groups is 1. The lowest BCUT2D eigenvalue weighted by atomic mass is 10.2. The molecule has 5 heteroatoms. The van der Waals surface area contributed by atoms with Crippen LogP contribution in [0.4, 0.5) is 0 Å². The van der Waals surface area contributed by atoms with Gasteiger partial charge in [0.25, 0.3) is 0 Å². The molecular formula is C10H14ClNO2S. The second-order valence-electron chi connectivity index (χ2n) is 2.94. The Morgan fingerprint density at radius 1 is 1.40 bits per heavy atom. The molecular weight excluding hydrogens is 234 g/mol. The molecule has 15 heavy (non-hydrogen) atoms. The Morgan fingerprint density at radius 3 is 2.47 bits per heavy atom. The van der Waals surface area contributed by atoms with Crippen LogP contribution in [-0.2, 0) is 11.3 Å². The monoisotopic (exact) mass is 247 g/mol. The molecule has 0 aliphatic rings. The van der Waals surface area contributed by atoms with E-state index in [0.29, 0.717) is 12.3 Å². The maximum Gasteiger partial charge on any atom is 0.321 e. The van der Waals surface area contributed by atoms with Gasteiger partial charge < -0.3 is 5.11 Å². The standard InChI is InChI=1S/C10H13NO2S.ClH/c12-10(13)9(7-14)11-6-8-4-2-1-3-5-8;/h1-5,9,11,14H,6-7H2,(H,12,13);1H. The van der Waals surface area contributed by atoms with Crippen molar-refractivity contribution in [3.63, 3.8) is 0 Å². The van der Waals surface area contributed by atoms with Crippen LogP contribution in [0.3, 0.4) is 0 Å². The van der Waals surface area contributed by atoms with Crippen LogP contribution in [0, 0.1) is 0 Å². The molecule has 0 saturated carbocycles. The molecule has 0 bridgehead atoms. The highest BCUT2D eigenvalue weighted by Gasteiger charge is 2.13. The molecule has 1 aromatic carbocycles. The molecule has 1 unspecified atom stereocenters. The SMILES string of the molecule is Cl.O=C(O)C(CS)NCc1ccccc1. The largest absolute Gasteiger partial charge is 0.480 e. The van der Waals surface area contributed by atoms with Gasteiger partial charge in [0, 0.05) is 12.3 Å². The summed E-state index contributed by atoms with van der Waals surface area (Å²) >= 11 is 3.96. The molecule has 0 aromatic heterocycles. The van der Waals surface area contributed by atoms with Gasteiger partial charge in [0.2, 0.25) is 0 Å². The van der Waals surface area contributed by atoms with Gasteiger partial charge >= 0.3 is 5.97 Å². The Kier molecular flexibility index (Phi) is 7.21. The first-order valence-electron chi connectivity index (χ1n) is 4.35. The van der Waals surface area contributed by atoms with E-state index in [0.717, 1.165) is 5.56 Å². The maximum atomic E-state index is 10.6. The van der Waals surface area contributed by atoms with Gasteiger partial charge in [-0.1, -0.05) is 30.3 Å². The molecule has 3 nitrogen and oxygen atoms in total. The van der Waals surface area contributed by atoms with Gasteiger partial charge in [-0.3, -0.25) is 10.1 Å². The Morgan fingerprint density at radius 2 is 2.00 bits per heavy atom. The fourth-order valence-electron chi connectivity index (χ4n) is 1.07. The number of rotatable bonds is 5. The van der Waals surface area contributed by atoms with Crippen molar-refractivity contribution in [3.8, 4) is 0 Å². The molecule has 0 amide bonds. The van der Waals surface area contributed by atoms with Gasteiger partial charge in [-0.05, 0) is 5.56 Å². The van der Waals surface area contributed by atoms with Crippen LogP contribution >= 0.6 is 25.0 Å². The van der Waals surface area contributed by atoms with Crippen LogP contribution in [0.25, 0.3) is 0 Å². The molecule has 1 atom stereocenters. The maximum absolute atomic E-state index is 10.6. The minimum Gasteiger partial charge on any atom is -0.480 e. The van der Waals surface area contributed by atoms with Crippen LogP contribution in [0.1, 0.15) is 5.56 Å². The first kappa shape index (κ1) is 14.3. The summed E-state index contributed by atoms with van der Waals surface area (Å²) in [5.74, 6) is -0.571. The number of hydrogen-bond donors (Lipinski definition) is 3. The van der Waals surface area contributed by atoms with Crippen molar-refractivity contribution in [1.29, 1.82) is 0 Å². The smallest absolute Gasteiger partial charge is 0.321 e. The number of carboxylic acid groups (broad SMARTS) is 1. The topological polar surface area (TPSA) is 49.3 Å². The van der Waals surface area contributed by atoms with Crippen LogP contribution < -0.4 is 5.32 Å². The van der Waals surface area contributed by atoms with E-state index in [-0.39, 0.29) is 12.4 Å². The van der Waals surface area contributed by atoms with E-state index in [1.54, 1.807) is 0 Å². The van der Waals surface area contributed by atoms with Gasteiger partial charge in [0.05, 0.1) is 0 Å². The second kappa shape index (κ2) is 7.56. The average Bonchev–Trinajstić information content (AvgIpc) is 2.20. The van der Waals surface area contributed by atoms with Crippen LogP contribution in [0.2, 0.25) is 0 Å². The Balaban J connectivity index is 0.00000196. The van der Waals surface area contributed by atoms with E-state index in [1.165, 1.54) is 0 Å². The number of aliphatic carboxylic acids is 1. The summed E-state index contributed by atoms with van der Waals surface area (Å²) in [6.45, 7) is 0.554. The Bertz CT molecular complexity index is 295. The highest BCUT2D eigenvalue weighted by atomic mass is 35.5. The molecule has 0 fully saturated rings. The normalized spacial score (nSPS) is 11.5. The van der Waals surface area contributed by atoms with Gasteiger partial charge in [-0.2, -0.15) is 12.6 Å². The van der Waals surface area contributed by atoms with Crippen LogP contribution in [0.5, 0.6) is 0 Å². The van der Waals surface area contributed by atoms with Crippen LogP contribution in [-0.4, -0.2) is 22.9 Å². The zero-order valence-electron chi connectivity index (χ0n) is 8.09. The van der Waals surface area contributed by atoms with Gasteiger partial charge in [0.15, 0.2) is 0 Å². The molecule has 2 N–H and O–H groups in total. The summed E-state index contributed by atoms with van der Waals surface area (Å²) in [6.07, 6.45) is 0. The molecule has 1 aromatic rings. The van der Waals surface area contributed by atoms with E-state index in [2.05, 4.69) is 17.9 Å². The summed E-state index contributed by atoms with van der Waals surface area (Å²) in [5.41, 5.74) is 1.07. The number of hydrogen-bond acceptors (Lipinski definition) is 3. The third kappa shape index (κ3) is 5.06. The summed E-state index contributed by atoms with van der Waals surface area (Å²) in [7, 11) is 0. The quantitative estimate of drug-likeness (QED) is 0.693. The van der Waals surface area contributed by atoms with E-state index in [9.17, 15) is 4.79 Å². The van der Waals surface area contributed by atoms with Crippen molar-refractivity contribution < 1.29 is 9.90 Å². The van der Waals surface area contributed by atoms with Gasteiger partial charge in [-0.25, -0.2) is 0 Å². The number of carboxylic acids is 1. The van der Waals surface area contributed by atoms with E-state index < -0.39 is 12.0 Å². The molecule has 1 rings (SSSR count). The molecule has 0 heterocycles. The number of benzene rings is 1. The van der Waals surface area contributed by atoms with Crippen molar-refractivity contribution in [2.24, 2.45) is 0 Å². The highest BCUT2D eigenvalue weighted by molar-refractivity contribution is 7.80. The number of thiol groups is 1. The third-order valence-electron chi connectivity index (χ3n) is 1.88. The third-order valence-corrected chi connectivity index (χ3v) is 2.24. The number of halogens is 1. The first-order chi connectivity index (χ1) is 6.74. The first-order valence-corrected chi connectivity index (χ1v) is 4.98. The minimum atomic E-state index is -0.865. The Labute approximate surface area is 101 Å².